The van der Waals surface area contributed by atoms with Crippen LogP contribution in [0.4, 0.5) is 0 Å². The molecule has 0 bridgehead atoms. The van der Waals surface area contributed by atoms with Crippen molar-refractivity contribution < 1.29 is 9.59 Å². The number of thioether (sulfide) groups is 1. The summed E-state index contributed by atoms with van der Waals surface area (Å²) in [5, 5.41) is -0.0115. The van der Waals surface area contributed by atoms with E-state index in [1.165, 1.54) is 31.0 Å². The van der Waals surface area contributed by atoms with Gasteiger partial charge in [0.1, 0.15) is 0 Å². The lowest BCUT2D eigenvalue weighted by Gasteiger charge is -2.19. The second-order valence-electron chi connectivity index (χ2n) is 5.26. The Labute approximate surface area is 124 Å². The third-order valence-electron chi connectivity index (χ3n) is 3.59. The smallest absolute Gasteiger partial charge is 0.259 e. The van der Waals surface area contributed by atoms with Crippen LogP contribution < -0.4 is 0 Å². The molecular formula is C17H20O2S. The van der Waals surface area contributed by atoms with Gasteiger partial charge in [-0.25, -0.2) is 0 Å². The van der Waals surface area contributed by atoms with Crippen LogP contribution in [0.15, 0.2) is 42.5 Å². The van der Waals surface area contributed by atoms with Crippen LogP contribution in [0.25, 0.3) is 0 Å². The van der Waals surface area contributed by atoms with Crippen molar-refractivity contribution in [3.05, 3.63) is 48.0 Å². The van der Waals surface area contributed by atoms with E-state index >= 15 is 0 Å². The van der Waals surface area contributed by atoms with E-state index < -0.39 is 5.78 Å². The Bertz CT molecular complexity index is 487. The summed E-state index contributed by atoms with van der Waals surface area (Å²) in [6, 6.07) is 9.66. The minimum atomic E-state index is -0.413. The maximum absolute atomic E-state index is 12.1. The van der Waals surface area contributed by atoms with E-state index in [0.29, 0.717) is 17.2 Å². The van der Waals surface area contributed by atoms with Crippen LogP contribution in [0, 0.1) is 0 Å². The van der Waals surface area contributed by atoms with Crippen molar-refractivity contribution in [3.63, 3.8) is 0 Å². The molecule has 0 spiro atoms. The molecular weight excluding hydrogens is 268 g/mol. The summed E-state index contributed by atoms with van der Waals surface area (Å²) in [6.45, 7) is 3.78. The highest BCUT2D eigenvalue weighted by molar-refractivity contribution is 8.16. The summed E-state index contributed by atoms with van der Waals surface area (Å²) < 4.78 is 0. The molecule has 0 radical (unpaired) electrons. The zero-order valence-corrected chi connectivity index (χ0v) is 12.5. The summed E-state index contributed by atoms with van der Waals surface area (Å²) in [4.78, 5) is 24.0. The van der Waals surface area contributed by atoms with Gasteiger partial charge >= 0.3 is 0 Å². The molecule has 0 N–H and O–H groups in total. The molecule has 1 aromatic rings. The predicted molar refractivity (Wildman–Crippen MR) is 83.8 cm³/mol. The van der Waals surface area contributed by atoms with Gasteiger partial charge in [0.2, 0.25) is 5.78 Å². The number of benzene rings is 1. The van der Waals surface area contributed by atoms with Crippen molar-refractivity contribution in [1.82, 2.24) is 0 Å². The van der Waals surface area contributed by atoms with Crippen molar-refractivity contribution in [1.29, 1.82) is 0 Å². The first-order valence-corrected chi connectivity index (χ1v) is 8.02. The summed E-state index contributed by atoms with van der Waals surface area (Å²) in [7, 11) is 0. The summed E-state index contributed by atoms with van der Waals surface area (Å²) in [5.41, 5.74) is 1.41. The molecule has 0 aliphatic heterocycles. The number of carbonyl (C=O) groups excluding carboxylic acids is 2. The number of ketones is 1. The summed E-state index contributed by atoms with van der Waals surface area (Å²) >= 11 is 1.22. The fraction of sp³-hybridized carbons (Fsp3) is 0.412. The third kappa shape index (κ3) is 4.34. The molecule has 0 unspecified atom stereocenters. The van der Waals surface area contributed by atoms with Crippen LogP contribution in [0.2, 0.25) is 0 Å². The maximum Gasteiger partial charge on any atom is 0.259 e. The molecule has 0 amide bonds. The summed E-state index contributed by atoms with van der Waals surface area (Å²) in [6.07, 6.45) is 6.15. The average Bonchev–Trinajstić information content (AvgIpc) is 2.48. The highest BCUT2D eigenvalue weighted by Crippen LogP contribution is 2.29. The fourth-order valence-corrected chi connectivity index (χ4v) is 3.58. The number of hydrogen-bond acceptors (Lipinski definition) is 3. The van der Waals surface area contributed by atoms with Crippen LogP contribution in [-0.2, 0) is 16.0 Å². The van der Waals surface area contributed by atoms with Crippen LogP contribution in [0.5, 0.6) is 0 Å². The lowest BCUT2D eigenvalue weighted by molar-refractivity contribution is -0.129. The van der Waals surface area contributed by atoms with E-state index in [9.17, 15) is 9.59 Å². The van der Waals surface area contributed by atoms with Crippen LogP contribution in [0.1, 0.15) is 37.7 Å². The molecule has 2 nitrogen and oxygen atoms in total. The fourth-order valence-electron chi connectivity index (χ4n) is 2.45. The maximum atomic E-state index is 12.1. The van der Waals surface area contributed by atoms with E-state index in [4.69, 9.17) is 0 Å². The van der Waals surface area contributed by atoms with Crippen molar-refractivity contribution in [2.45, 2.75) is 43.8 Å². The van der Waals surface area contributed by atoms with E-state index in [2.05, 4.69) is 6.58 Å². The molecule has 106 valence electrons. The van der Waals surface area contributed by atoms with Gasteiger partial charge in [0.25, 0.3) is 5.12 Å². The van der Waals surface area contributed by atoms with Gasteiger partial charge in [-0.2, -0.15) is 0 Å². The third-order valence-corrected chi connectivity index (χ3v) is 4.80. The number of carbonyl (C=O) groups is 2. The average molecular weight is 288 g/mol. The standard InChI is InChI=1S/C17H20O2S/c1-13(12-14-8-4-2-5-9-14)16(18)17(19)20-15-10-6-3-7-11-15/h2,4-5,8-9,15H,1,3,6-7,10-12H2. The zero-order chi connectivity index (χ0) is 14.4. The van der Waals surface area contributed by atoms with Crippen LogP contribution in [-0.4, -0.2) is 16.1 Å². The summed E-state index contributed by atoms with van der Waals surface area (Å²) in [5.74, 6) is -0.413. The minimum Gasteiger partial charge on any atom is -0.285 e. The number of Topliss-reactive ketones (excluding diaryl/α,β-unsaturated/α-hetero) is 1. The first kappa shape index (κ1) is 15.0. The zero-order valence-electron chi connectivity index (χ0n) is 11.6. The molecule has 1 aliphatic rings. The van der Waals surface area contributed by atoms with E-state index in [1.54, 1.807) is 0 Å². The SMILES string of the molecule is C=C(Cc1ccccc1)C(=O)C(=O)SC1CCCCC1. The number of allylic oxidation sites excluding steroid dienone is 1. The van der Waals surface area contributed by atoms with Gasteiger partial charge < -0.3 is 0 Å². The Morgan fingerprint density at radius 1 is 1.10 bits per heavy atom. The molecule has 0 heterocycles. The Hall–Kier alpha value is -1.35. The molecule has 0 aromatic heterocycles. The van der Waals surface area contributed by atoms with E-state index in [-0.39, 0.29) is 5.12 Å². The van der Waals surface area contributed by atoms with Gasteiger partial charge in [0, 0.05) is 17.2 Å². The monoisotopic (exact) mass is 288 g/mol. The first-order valence-electron chi connectivity index (χ1n) is 7.14. The topological polar surface area (TPSA) is 34.1 Å². The second kappa shape index (κ2) is 7.44. The predicted octanol–water partition coefficient (Wildman–Crippen LogP) is 3.95. The lowest BCUT2D eigenvalue weighted by Crippen LogP contribution is -2.19. The molecule has 1 fully saturated rings. The normalized spacial score (nSPS) is 15.8. The number of hydrogen-bond donors (Lipinski definition) is 0. The molecule has 3 heteroatoms. The molecule has 1 aromatic carbocycles. The first-order chi connectivity index (χ1) is 9.66. The van der Waals surface area contributed by atoms with Crippen molar-refractivity contribution in [2.75, 3.05) is 0 Å². The van der Waals surface area contributed by atoms with Crippen LogP contribution in [0.3, 0.4) is 0 Å². The lowest BCUT2D eigenvalue weighted by atomic mass is 10.0. The minimum absolute atomic E-state index is 0.324. The highest BCUT2D eigenvalue weighted by atomic mass is 32.2. The molecule has 0 saturated heterocycles. The van der Waals surface area contributed by atoms with Crippen molar-refractivity contribution >= 4 is 22.7 Å². The molecule has 0 atom stereocenters. The van der Waals surface area contributed by atoms with Crippen molar-refractivity contribution in [3.8, 4) is 0 Å². The molecule has 2 rings (SSSR count). The van der Waals surface area contributed by atoms with Gasteiger partial charge in [-0.05, 0) is 18.4 Å². The Balaban J connectivity index is 1.86. The Morgan fingerprint density at radius 2 is 1.75 bits per heavy atom. The largest absolute Gasteiger partial charge is 0.285 e. The van der Waals surface area contributed by atoms with Crippen molar-refractivity contribution in [2.24, 2.45) is 0 Å². The highest BCUT2D eigenvalue weighted by Gasteiger charge is 2.23. The van der Waals surface area contributed by atoms with Gasteiger partial charge in [-0.1, -0.05) is 67.9 Å². The second-order valence-corrected chi connectivity index (χ2v) is 6.53. The van der Waals surface area contributed by atoms with Gasteiger partial charge in [-0.3, -0.25) is 9.59 Å². The molecule has 1 aliphatic carbocycles. The van der Waals surface area contributed by atoms with E-state index in [1.807, 2.05) is 30.3 Å². The molecule has 20 heavy (non-hydrogen) atoms. The number of rotatable bonds is 5. The van der Waals surface area contributed by atoms with Gasteiger partial charge in [0.05, 0.1) is 0 Å². The van der Waals surface area contributed by atoms with Gasteiger partial charge in [-0.15, -0.1) is 0 Å². The molecule has 1 saturated carbocycles. The quantitative estimate of drug-likeness (QED) is 0.608. The van der Waals surface area contributed by atoms with Crippen LogP contribution >= 0.6 is 11.8 Å². The van der Waals surface area contributed by atoms with Gasteiger partial charge in [0.15, 0.2) is 0 Å². The van der Waals surface area contributed by atoms with E-state index in [0.717, 1.165) is 18.4 Å². The Morgan fingerprint density at radius 3 is 2.40 bits per heavy atom. The Kier molecular flexibility index (Phi) is 5.60.